The second-order valence-corrected chi connectivity index (χ2v) is 5.23. The molecule has 7 nitrogen and oxygen atoms in total. The van der Waals surface area contributed by atoms with E-state index in [1.165, 1.54) is 11.0 Å². The van der Waals surface area contributed by atoms with Crippen molar-refractivity contribution in [1.82, 2.24) is 5.01 Å². The first-order valence-electron chi connectivity index (χ1n) is 7.52. The van der Waals surface area contributed by atoms with Crippen LogP contribution in [0.2, 0.25) is 0 Å². The van der Waals surface area contributed by atoms with Crippen molar-refractivity contribution in [3.63, 3.8) is 0 Å². The standard InChI is InChI=1S/C15H21FN4O3/c1-3-19(18-17-6-7-21)9-13-10-20(15(22)23-13)12-5-4-11(2)14(16)8-12/h4-5,8,13,21H,3,6-7,9-10H2,1-2H3. The molecule has 8 heteroatoms. The van der Waals surface area contributed by atoms with Gasteiger partial charge in [0.05, 0.1) is 31.9 Å². The number of hydrogen-bond donors (Lipinski definition) is 1. The highest BCUT2D eigenvalue weighted by Crippen LogP contribution is 2.24. The fourth-order valence-corrected chi connectivity index (χ4v) is 2.22. The smallest absolute Gasteiger partial charge is 0.414 e. The van der Waals surface area contributed by atoms with Crippen LogP contribution in [-0.4, -0.2) is 55.1 Å². The van der Waals surface area contributed by atoms with Gasteiger partial charge < -0.3 is 9.84 Å². The molecule has 23 heavy (non-hydrogen) atoms. The van der Waals surface area contributed by atoms with Crippen molar-refractivity contribution in [2.24, 2.45) is 10.3 Å². The Morgan fingerprint density at radius 3 is 2.96 bits per heavy atom. The minimum absolute atomic E-state index is 0.0633. The number of amides is 1. The summed E-state index contributed by atoms with van der Waals surface area (Å²) in [6.45, 7) is 5.06. The van der Waals surface area contributed by atoms with Gasteiger partial charge in [-0.05, 0) is 31.5 Å². The number of aryl methyl sites for hydroxylation is 1. The van der Waals surface area contributed by atoms with Gasteiger partial charge in [0, 0.05) is 6.54 Å². The van der Waals surface area contributed by atoms with Crippen molar-refractivity contribution >= 4 is 11.8 Å². The van der Waals surface area contributed by atoms with E-state index in [4.69, 9.17) is 9.84 Å². The Morgan fingerprint density at radius 2 is 2.30 bits per heavy atom. The maximum Gasteiger partial charge on any atom is 0.414 e. The lowest BCUT2D eigenvalue weighted by Gasteiger charge is -2.18. The van der Waals surface area contributed by atoms with E-state index in [1.54, 1.807) is 24.1 Å². The lowest BCUT2D eigenvalue weighted by atomic mass is 10.2. The molecule has 0 spiro atoms. The molecule has 0 aromatic heterocycles. The van der Waals surface area contributed by atoms with Crippen molar-refractivity contribution < 1.29 is 19.0 Å². The minimum atomic E-state index is -0.499. The van der Waals surface area contributed by atoms with Gasteiger partial charge in [0.2, 0.25) is 0 Å². The second kappa shape index (κ2) is 7.87. The topological polar surface area (TPSA) is 77.7 Å². The van der Waals surface area contributed by atoms with Crippen LogP contribution in [0, 0.1) is 12.7 Å². The molecule has 1 aromatic carbocycles. The molecule has 1 aliphatic rings. The number of hydrogen-bond acceptors (Lipinski definition) is 5. The van der Waals surface area contributed by atoms with Crippen molar-refractivity contribution in [1.29, 1.82) is 0 Å². The fourth-order valence-electron chi connectivity index (χ4n) is 2.22. The van der Waals surface area contributed by atoms with Gasteiger partial charge in [0.15, 0.2) is 0 Å². The molecule has 1 atom stereocenters. The van der Waals surface area contributed by atoms with Gasteiger partial charge in [0.1, 0.15) is 11.9 Å². The Kier molecular flexibility index (Phi) is 5.86. The van der Waals surface area contributed by atoms with E-state index in [0.717, 1.165) is 0 Å². The van der Waals surface area contributed by atoms with E-state index in [9.17, 15) is 9.18 Å². The quantitative estimate of drug-likeness (QED) is 0.616. The number of carbonyl (C=O) groups excluding carboxylic acids is 1. The van der Waals surface area contributed by atoms with Crippen LogP contribution < -0.4 is 4.90 Å². The van der Waals surface area contributed by atoms with Gasteiger partial charge in [-0.25, -0.2) is 9.18 Å². The molecule has 0 bridgehead atoms. The molecule has 1 amide bonds. The van der Waals surface area contributed by atoms with Crippen molar-refractivity contribution in [2.75, 3.05) is 37.7 Å². The summed E-state index contributed by atoms with van der Waals surface area (Å²) in [5.41, 5.74) is 1.00. The Bertz CT molecular complexity index is 582. The zero-order valence-electron chi connectivity index (χ0n) is 13.3. The largest absolute Gasteiger partial charge is 0.442 e. The molecular formula is C15H21FN4O3. The van der Waals surface area contributed by atoms with Gasteiger partial charge in [0.25, 0.3) is 0 Å². The third kappa shape index (κ3) is 4.38. The summed E-state index contributed by atoms with van der Waals surface area (Å²) in [7, 11) is 0. The number of aliphatic hydroxyl groups is 1. The lowest BCUT2D eigenvalue weighted by molar-refractivity contribution is 0.108. The molecule has 1 heterocycles. The van der Waals surface area contributed by atoms with E-state index in [1.807, 2.05) is 6.92 Å². The summed E-state index contributed by atoms with van der Waals surface area (Å²) < 4.78 is 19.0. The molecule has 126 valence electrons. The molecule has 1 saturated heterocycles. The molecule has 1 aromatic rings. The zero-order valence-corrected chi connectivity index (χ0v) is 13.3. The number of cyclic esters (lactones) is 1. The third-order valence-electron chi connectivity index (χ3n) is 3.51. The number of likely N-dealkylation sites (N-methyl/N-ethyl adjacent to an activating group) is 1. The van der Waals surface area contributed by atoms with Crippen LogP contribution in [-0.2, 0) is 4.74 Å². The van der Waals surface area contributed by atoms with Gasteiger partial charge in [-0.2, -0.15) is 5.11 Å². The minimum Gasteiger partial charge on any atom is -0.442 e. The molecule has 1 N–H and O–H groups in total. The van der Waals surface area contributed by atoms with Crippen LogP contribution in [0.25, 0.3) is 0 Å². The van der Waals surface area contributed by atoms with Gasteiger partial charge in [-0.15, -0.1) is 0 Å². The van der Waals surface area contributed by atoms with Crippen LogP contribution in [0.15, 0.2) is 28.5 Å². The monoisotopic (exact) mass is 324 g/mol. The van der Waals surface area contributed by atoms with Crippen LogP contribution >= 0.6 is 0 Å². The average molecular weight is 324 g/mol. The lowest BCUT2D eigenvalue weighted by Crippen LogP contribution is -2.31. The Hall–Kier alpha value is -2.22. The normalized spacial score (nSPS) is 17.8. The summed E-state index contributed by atoms with van der Waals surface area (Å²) in [5, 5.41) is 18.1. The maximum absolute atomic E-state index is 13.7. The second-order valence-electron chi connectivity index (χ2n) is 5.23. The Balaban J connectivity index is 2.00. The summed E-state index contributed by atoms with van der Waals surface area (Å²) in [5.74, 6) is -0.355. The number of ether oxygens (including phenoxy) is 1. The average Bonchev–Trinajstić information content (AvgIpc) is 2.90. The Morgan fingerprint density at radius 1 is 1.52 bits per heavy atom. The van der Waals surface area contributed by atoms with Crippen LogP contribution in [0.1, 0.15) is 12.5 Å². The molecule has 1 aliphatic heterocycles. The van der Waals surface area contributed by atoms with E-state index < -0.39 is 6.09 Å². The predicted molar refractivity (Wildman–Crippen MR) is 82.8 cm³/mol. The van der Waals surface area contributed by atoms with Gasteiger partial charge >= 0.3 is 6.09 Å². The number of aliphatic hydroxyl groups excluding tert-OH is 1. The van der Waals surface area contributed by atoms with E-state index in [-0.39, 0.29) is 25.1 Å². The first kappa shape index (κ1) is 17.1. The number of rotatable bonds is 7. The van der Waals surface area contributed by atoms with Crippen LogP contribution in [0.4, 0.5) is 14.9 Å². The first-order valence-corrected chi connectivity index (χ1v) is 7.52. The summed E-state index contributed by atoms with van der Waals surface area (Å²) in [4.78, 5) is 13.4. The summed E-state index contributed by atoms with van der Waals surface area (Å²) >= 11 is 0. The van der Waals surface area contributed by atoms with E-state index in [2.05, 4.69) is 10.3 Å². The SMILES string of the molecule is CCN(CC1CN(c2ccc(C)c(F)c2)C(=O)O1)N=NCCO. The molecule has 1 fully saturated rings. The zero-order chi connectivity index (χ0) is 16.8. The number of carbonyl (C=O) groups is 1. The van der Waals surface area contributed by atoms with Crippen molar-refractivity contribution in [2.45, 2.75) is 20.0 Å². The van der Waals surface area contributed by atoms with Crippen LogP contribution in [0.5, 0.6) is 0 Å². The fraction of sp³-hybridized carbons (Fsp3) is 0.533. The molecular weight excluding hydrogens is 303 g/mol. The van der Waals surface area contributed by atoms with Crippen LogP contribution in [0.3, 0.4) is 0 Å². The number of nitrogens with zero attached hydrogens (tertiary/aromatic N) is 4. The van der Waals surface area contributed by atoms with Crippen molar-refractivity contribution in [3.8, 4) is 0 Å². The van der Waals surface area contributed by atoms with E-state index in [0.29, 0.717) is 30.9 Å². The third-order valence-corrected chi connectivity index (χ3v) is 3.51. The number of anilines is 1. The van der Waals surface area contributed by atoms with Gasteiger partial charge in [-0.3, -0.25) is 9.91 Å². The predicted octanol–water partition coefficient (Wildman–Crippen LogP) is 2.14. The molecule has 1 unspecified atom stereocenters. The number of halogens is 1. The summed E-state index contributed by atoms with van der Waals surface area (Å²) in [6, 6.07) is 4.66. The maximum atomic E-state index is 13.7. The first-order chi connectivity index (χ1) is 11.0. The highest BCUT2D eigenvalue weighted by atomic mass is 19.1. The van der Waals surface area contributed by atoms with Crippen molar-refractivity contribution in [3.05, 3.63) is 29.6 Å². The molecule has 0 saturated carbocycles. The molecule has 2 rings (SSSR count). The summed E-state index contributed by atoms with van der Waals surface area (Å²) in [6.07, 6.45) is -0.874. The Labute approximate surface area is 134 Å². The van der Waals surface area contributed by atoms with E-state index >= 15 is 0 Å². The molecule has 0 aliphatic carbocycles. The number of benzene rings is 1. The highest BCUT2D eigenvalue weighted by Gasteiger charge is 2.33. The van der Waals surface area contributed by atoms with Gasteiger partial charge in [-0.1, -0.05) is 11.3 Å². The molecule has 0 radical (unpaired) electrons. The highest BCUT2D eigenvalue weighted by molar-refractivity contribution is 5.89.